The van der Waals surface area contributed by atoms with E-state index in [1.54, 1.807) is 0 Å². The molecule has 3 nitrogen and oxygen atoms in total. The van der Waals surface area contributed by atoms with Gasteiger partial charge in [0.1, 0.15) is 0 Å². The Morgan fingerprint density at radius 1 is 1.47 bits per heavy atom. The van der Waals surface area contributed by atoms with Gasteiger partial charge in [0.15, 0.2) is 0 Å². The van der Waals surface area contributed by atoms with Gasteiger partial charge in [0.2, 0.25) is 0 Å². The minimum Gasteiger partial charge on any atom is -0.311 e. The molecule has 0 aromatic carbocycles. The molecule has 3 heteroatoms. The number of aromatic nitrogens is 2. The van der Waals surface area contributed by atoms with Gasteiger partial charge in [0, 0.05) is 30.9 Å². The smallest absolute Gasteiger partial charge is 0.0668 e. The first-order valence-electron chi connectivity index (χ1n) is 5.58. The van der Waals surface area contributed by atoms with E-state index < -0.39 is 0 Å². The largest absolute Gasteiger partial charge is 0.311 e. The van der Waals surface area contributed by atoms with E-state index in [4.69, 9.17) is 0 Å². The number of aryl methyl sites for hydroxylation is 2. The van der Waals surface area contributed by atoms with Crippen molar-refractivity contribution in [1.29, 1.82) is 0 Å². The van der Waals surface area contributed by atoms with Gasteiger partial charge in [-0.05, 0) is 26.7 Å². The van der Waals surface area contributed by atoms with E-state index in [-0.39, 0.29) is 0 Å². The molecule has 1 aliphatic rings. The number of nitrogens with zero attached hydrogens (tertiary/aromatic N) is 2. The van der Waals surface area contributed by atoms with E-state index in [1.807, 2.05) is 11.7 Å². The van der Waals surface area contributed by atoms with Crippen LogP contribution in [-0.4, -0.2) is 22.4 Å². The van der Waals surface area contributed by atoms with Crippen LogP contribution in [0.15, 0.2) is 6.08 Å². The van der Waals surface area contributed by atoms with Crippen molar-refractivity contribution in [3.8, 4) is 0 Å². The second-order valence-corrected chi connectivity index (χ2v) is 4.29. The van der Waals surface area contributed by atoms with Crippen LogP contribution in [0.1, 0.15) is 29.8 Å². The Morgan fingerprint density at radius 3 is 2.73 bits per heavy atom. The molecule has 1 aliphatic carbocycles. The Kier molecular flexibility index (Phi) is 2.91. The van der Waals surface area contributed by atoms with Crippen molar-refractivity contribution in [2.45, 2.75) is 32.7 Å². The van der Waals surface area contributed by atoms with Crippen LogP contribution in [0, 0.1) is 13.8 Å². The quantitative estimate of drug-likeness (QED) is 0.812. The van der Waals surface area contributed by atoms with E-state index in [0.717, 1.165) is 18.3 Å². The SMILES string of the molecule is Cc1nn(C)c(C)c1C=CCNC1CC1. The average molecular weight is 205 g/mol. The highest BCUT2D eigenvalue weighted by atomic mass is 15.3. The van der Waals surface area contributed by atoms with Crippen molar-refractivity contribution < 1.29 is 0 Å². The first kappa shape index (κ1) is 10.4. The lowest BCUT2D eigenvalue weighted by molar-refractivity contribution is 0.731. The summed E-state index contributed by atoms with van der Waals surface area (Å²) in [5, 5.41) is 7.84. The lowest BCUT2D eigenvalue weighted by Gasteiger charge is -1.96. The molecule has 82 valence electrons. The fourth-order valence-electron chi connectivity index (χ4n) is 1.73. The van der Waals surface area contributed by atoms with E-state index in [1.165, 1.54) is 24.1 Å². The summed E-state index contributed by atoms with van der Waals surface area (Å²) >= 11 is 0. The Morgan fingerprint density at radius 2 is 2.20 bits per heavy atom. The van der Waals surface area contributed by atoms with E-state index >= 15 is 0 Å². The van der Waals surface area contributed by atoms with Gasteiger partial charge >= 0.3 is 0 Å². The molecule has 1 saturated carbocycles. The number of rotatable bonds is 4. The van der Waals surface area contributed by atoms with Crippen LogP contribution in [0.5, 0.6) is 0 Å². The fourth-order valence-corrected chi connectivity index (χ4v) is 1.73. The summed E-state index contributed by atoms with van der Waals surface area (Å²) in [5.74, 6) is 0. The van der Waals surface area contributed by atoms with E-state index in [2.05, 4.69) is 36.4 Å². The minimum atomic E-state index is 0.783. The van der Waals surface area contributed by atoms with Crippen molar-refractivity contribution >= 4 is 6.08 Å². The Labute approximate surface area is 91.2 Å². The highest BCUT2D eigenvalue weighted by Crippen LogP contribution is 2.18. The molecule has 0 aliphatic heterocycles. The fraction of sp³-hybridized carbons (Fsp3) is 0.583. The number of hydrogen-bond donors (Lipinski definition) is 1. The summed E-state index contributed by atoms with van der Waals surface area (Å²) in [6, 6.07) is 0.783. The molecule has 1 fully saturated rings. The molecule has 0 atom stereocenters. The van der Waals surface area contributed by atoms with Crippen molar-refractivity contribution in [1.82, 2.24) is 15.1 Å². The van der Waals surface area contributed by atoms with Crippen LogP contribution in [0.4, 0.5) is 0 Å². The van der Waals surface area contributed by atoms with Gasteiger partial charge < -0.3 is 5.32 Å². The number of nitrogens with one attached hydrogen (secondary N) is 1. The van der Waals surface area contributed by atoms with Gasteiger partial charge in [-0.15, -0.1) is 0 Å². The molecule has 1 aromatic rings. The molecule has 0 unspecified atom stereocenters. The van der Waals surface area contributed by atoms with E-state index in [0.29, 0.717) is 0 Å². The average Bonchev–Trinajstić information content (AvgIpc) is 2.96. The highest BCUT2D eigenvalue weighted by Gasteiger charge is 2.18. The lowest BCUT2D eigenvalue weighted by Crippen LogP contribution is -2.15. The molecule has 0 spiro atoms. The lowest BCUT2D eigenvalue weighted by atomic mass is 10.2. The zero-order valence-electron chi connectivity index (χ0n) is 9.75. The van der Waals surface area contributed by atoms with E-state index in [9.17, 15) is 0 Å². The third kappa shape index (κ3) is 2.48. The Balaban J connectivity index is 1.95. The molecular formula is C12H19N3. The summed E-state index contributed by atoms with van der Waals surface area (Å²) in [6.45, 7) is 5.13. The first-order chi connectivity index (χ1) is 7.18. The predicted octanol–water partition coefficient (Wildman–Crippen LogP) is 1.80. The van der Waals surface area contributed by atoms with Crippen molar-refractivity contribution in [3.63, 3.8) is 0 Å². The van der Waals surface area contributed by atoms with Crippen LogP contribution < -0.4 is 5.32 Å². The standard InChI is InChI=1S/C12H19N3/c1-9-12(10(2)15(3)14-9)5-4-8-13-11-6-7-11/h4-5,11,13H,6-8H2,1-3H3. The third-order valence-corrected chi connectivity index (χ3v) is 2.95. The molecule has 0 saturated heterocycles. The maximum Gasteiger partial charge on any atom is 0.0668 e. The van der Waals surface area contributed by atoms with Gasteiger partial charge in [0.25, 0.3) is 0 Å². The predicted molar refractivity (Wildman–Crippen MR) is 62.7 cm³/mol. The molecule has 0 amide bonds. The van der Waals surface area contributed by atoms with Gasteiger partial charge in [-0.3, -0.25) is 4.68 Å². The van der Waals surface area contributed by atoms with Crippen LogP contribution in [-0.2, 0) is 7.05 Å². The minimum absolute atomic E-state index is 0.783. The monoisotopic (exact) mass is 205 g/mol. The Bertz CT molecular complexity index is 372. The zero-order chi connectivity index (χ0) is 10.8. The molecule has 1 aromatic heterocycles. The first-order valence-corrected chi connectivity index (χ1v) is 5.58. The summed E-state index contributed by atoms with van der Waals surface area (Å²) in [7, 11) is 1.99. The molecule has 2 rings (SSSR count). The molecule has 0 bridgehead atoms. The molecular weight excluding hydrogens is 186 g/mol. The van der Waals surface area contributed by atoms with Crippen LogP contribution in [0.25, 0.3) is 6.08 Å². The van der Waals surface area contributed by atoms with Gasteiger partial charge in [-0.25, -0.2) is 0 Å². The molecule has 15 heavy (non-hydrogen) atoms. The van der Waals surface area contributed by atoms with Gasteiger partial charge in [-0.2, -0.15) is 5.10 Å². The van der Waals surface area contributed by atoms with Gasteiger partial charge in [0.05, 0.1) is 5.69 Å². The van der Waals surface area contributed by atoms with Crippen LogP contribution in [0.3, 0.4) is 0 Å². The normalized spacial score (nSPS) is 16.5. The summed E-state index contributed by atoms with van der Waals surface area (Å²) in [6.07, 6.45) is 7.06. The van der Waals surface area contributed by atoms with Crippen LogP contribution in [0.2, 0.25) is 0 Å². The Hall–Kier alpha value is -1.09. The maximum atomic E-state index is 4.38. The zero-order valence-corrected chi connectivity index (χ0v) is 9.75. The molecule has 1 N–H and O–H groups in total. The summed E-state index contributed by atoms with van der Waals surface area (Å²) in [5.41, 5.74) is 3.60. The highest BCUT2D eigenvalue weighted by molar-refractivity contribution is 5.54. The van der Waals surface area contributed by atoms with Crippen molar-refractivity contribution in [2.24, 2.45) is 7.05 Å². The second kappa shape index (κ2) is 4.19. The van der Waals surface area contributed by atoms with Crippen molar-refractivity contribution in [3.05, 3.63) is 23.0 Å². The topological polar surface area (TPSA) is 29.9 Å². The van der Waals surface area contributed by atoms with Crippen molar-refractivity contribution in [2.75, 3.05) is 6.54 Å². The molecule has 1 heterocycles. The van der Waals surface area contributed by atoms with Gasteiger partial charge in [-0.1, -0.05) is 12.2 Å². The van der Waals surface area contributed by atoms with Crippen LogP contribution >= 0.6 is 0 Å². The number of hydrogen-bond acceptors (Lipinski definition) is 2. The summed E-state index contributed by atoms with van der Waals surface area (Å²) in [4.78, 5) is 0. The maximum absolute atomic E-state index is 4.38. The summed E-state index contributed by atoms with van der Waals surface area (Å²) < 4.78 is 1.93. The second-order valence-electron chi connectivity index (χ2n) is 4.29. The third-order valence-electron chi connectivity index (χ3n) is 2.95. The molecule has 0 radical (unpaired) electrons.